The van der Waals surface area contributed by atoms with Crippen molar-refractivity contribution in [2.24, 2.45) is 5.92 Å². The second-order valence-corrected chi connectivity index (χ2v) is 9.74. The number of Topliss-reactive ketones (excluding diaryl/α,β-unsaturated/α-hetero) is 1. The Kier molecular flexibility index (Phi) is 6.11. The Hall–Kier alpha value is -2.19. The molecular weight excluding hydrogens is 408 g/mol. The number of ketones is 1. The van der Waals surface area contributed by atoms with Crippen molar-refractivity contribution in [3.8, 4) is 0 Å². The summed E-state index contributed by atoms with van der Waals surface area (Å²) in [5.74, 6) is 0.353. The van der Waals surface area contributed by atoms with E-state index < -0.39 is 17.3 Å². The minimum Gasteiger partial charge on any atom is -0.443 e. The van der Waals surface area contributed by atoms with Crippen molar-refractivity contribution in [3.05, 3.63) is 23.0 Å². The summed E-state index contributed by atoms with van der Waals surface area (Å²) in [5, 5.41) is 14.7. The Labute approximate surface area is 181 Å². The maximum absolute atomic E-state index is 13.0. The molecule has 2 aromatic heterocycles. The second-order valence-electron chi connectivity index (χ2n) is 9.36. The summed E-state index contributed by atoms with van der Waals surface area (Å²) in [6, 6.07) is 1.50. The maximum atomic E-state index is 13.0. The first-order valence-electron chi connectivity index (χ1n) is 10.1. The zero-order chi connectivity index (χ0) is 22.3. The van der Waals surface area contributed by atoms with E-state index >= 15 is 0 Å². The molecule has 2 aromatic rings. The van der Waals surface area contributed by atoms with Gasteiger partial charge in [0.25, 0.3) is 0 Å². The van der Waals surface area contributed by atoms with Gasteiger partial charge in [-0.25, -0.2) is 9.78 Å². The molecule has 1 aliphatic carbocycles. The molecule has 8 nitrogen and oxygen atoms in total. The zero-order valence-corrected chi connectivity index (χ0v) is 18.9. The molecule has 0 radical (unpaired) electrons. The van der Waals surface area contributed by atoms with Crippen LogP contribution >= 0.6 is 11.6 Å². The molecule has 3 rings (SSSR count). The van der Waals surface area contributed by atoms with Gasteiger partial charge in [-0.1, -0.05) is 18.0 Å². The molecule has 2 heterocycles. The number of ether oxygens (including phenoxy) is 1. The molecule has 1 aliphatic rings. The van der Waals surface area contributed by atoms with Gasteiger partial charge in [0.2, 0.25) is 0 Å². The number of halogens is 1. The number of carbonyl (C=O) groups is 2. The summed E-state index contributed by atoms with van der Waals surface area (Å²) >= 11 is 6.19. The summed E-state index contributed by atoms with van der Waals surface area (Å²) in [4.78, 5) is 31.0. The van der Waals surface area contributed by atoms with Crippen molar-refractivity contribution in [2.45, 2.75) is 71.0 Å². The lowest BCUT2D eigenvalue weighted by Gasteiger charge is -2.33. The van der Waals surface area contributed by atoms with Gasteiger partial charge in [0, 0.05) is 19.5 Å². The number of rotatable bonds is 4. The molecular formula is C21H29ClN4O4. The lowest BCUT2D eigenvalue weighted by molar-refractivity contribution is 0.000521. The lowest BCUT2D eigenvalue weighted by Crippen LogP contribution is -2.35. The largest absolute Gasteiger partial charge is 0.443 e. The van der Waals surface area contributed by atoms with Gasteiger partial charge in [-0.3, -0.25) is 9.69 Å². The molecule has 30 heavy (non-hydrogen) atoms. The van der Waals surface area contributed by atoms with Crippen LogP contribution in [0.4, 0.5) is 10.6 Å². The molecule has 1 fully saturated rings. The maximum Gasteiger partial charge on any atom is 0.415 e. The number of carbonyl (C=O) groups excluding carboxylic acids is 2. The fraction of sp³-hybridized carbons (Fsp3) is 0.619. The van der Waals surface area contributed by atoms with Crippen molar-refractivity contribution in [1.29, 1.82) is 0 Å². The van der Waals surface area contributed by atoms with Crippen molar-refractivity contribution in [2.75, 3.05) is 11.9 Å². The van der Waals surface area contributed by atoms with E-state index in [0.717, 1.165) is 19.3 Å². The Morgan fingerprint density at radius 2 is 2.13 bits per heavy atom. The number of amides is 1. The predicted octanol–water partition coefficient (Wildman–Crippen LogP) is 4.27. The topological polar surface area (TPSA) is 97.0 Å². The van der Waals surface area contributed by atoms with E-state index in [1.807, 2.05) is 6.92 Å². The van der Waals surface area contributed by atoms with Crippen LogP contribution in [0.3, 0.4) is 0 Å². The monoisotopic (exact) mass is 436 g/mol. The van der Waals surface area contributed by atoms with Crippen LogP contribution in [-0.2, 0) is 4.74 Å². The SMILES string of the molecule is CN(C(=O)OC(C)(C)C)c1cc(Cl)nc2c(C(=O)C[C@@H]3CCC[C@@](C)(O)C3)cnn12. The minimum atomic E-state index is -0.727. The molecule has 0 aliphatic heterocycles. The van der Waals surface area contributed by atoms with Gasteiger partial charge in [-0.15, -0.1) is 0 Å². The van der Waals surface area contributed by atoms with Gasteiger partial charge in [0.1, 0.15) is 16.6 Å². The first kappa shape index (κ1) is 22.5. The smallest absolute Gasteiger partial charge is 0.415 e. The lowest BCUT2D eigenvalue weighted by atomic mass is 9.77. The van der Waals surface area contributed by atoms with Crippen LogP contribution < -0.4 is 4.90 Å². The van der Waals surface area contributed by atoms with E-state index in [0.29, 0.717) is 29.9 Å². The quantitative estimate of drug-likeness (QED) is 0.567. The Morgan fingerprint density at radius 1 is 1.43 bits per heavy atom. The van der Waals surface area contributed by atoms with E-state index in [9.17, 15) is 14.7 Å². The molecule has 0 unspecified atom stereocenters. The van der Waals surface area contributed by atoms with E-state index in [1.54, 1.807) is 27.8 Å². The fourth-order valence-corrected chi connectivity index (χ4v) is 4.10. The van der Waals surface area contributed by atoms with Crippen LogP contribution in [0.1, 0.15) is 70.2 Å². The van der Waals surface area contributed by atoms with E-state index in [2.05, 4.69) is 10.1 Å². The molecule has 0 spiro atoms. The Balaban J connectivity index is 1.88. The number of hydrogen-bond acceptors (Lipinski definition) is 6. The van der Waals surface area contributed by atoms with Gasteiger partial charge in [-0.2, -0.15) is 9.61 Å². The summed E-state index contributed by atoms with van der Waals surface area (Å²) in [7, 11) is 1.55. The van der Waals surface area contributed by atoms with Crippen molar-refractivity contribution >= 4 is 34.9 Å². The third-order valence-electron chi connectivity index (χ3n) is 5.26. The van der Waals surface area contributed by atoms with Crippen LogP contribution in [-0.4, -0.2) is 49.8 Å². The number of hydrogen-bond donors (Lipinski definition) is 1. The molecule has 1 amide bonds. The van der Waals surface area contributed by atoms with Gasteiger partial charge in [0.15, 0.2) is 11.4 Å². The highest BCUT2D eigenvalue weighted by molar-refractivity contribution is 6.30. The highest BCUT2D eigenvalue weighted by Crippen LogP contribution is 2.35. The second kappa shape index (κ2) is 8.15. The molecule has 0 saturated heterocycles. The van der Waals surface area contributed by atoms with Gasteiger partial charge >= 0.3 is 6.09 Å². The van der Waals surface area contributed by atoms with Crippen LogP contribution in [0.2, 0.25) is 5.15 Å². The van der Waals surface area contributed by atoms with Gasteiger partial charge in [-0.05, 0) is 52.9 Å². The predicted molar refractivity (Wildman–Crippen MR) is 114 cm³/mol. The average molecular weight is 437 g/mol. The molecule has 9 heteroatoms. The molecule has 0 bridgehead atoms. The third-order valence-corrected chi connectivity index (χ3v) is 5.46. The highest BCUT2D eigenvalue weighted by atomic mass is 35.5. The normalized spacial score (nSPS) is 22.2. The standard InChI is InChI=1S/C21H29ClN4O4/c1-20(2,3)30-19(28)25(5)17-10-16(22)24-18-14(12-23-26(17)18)15(27)9-13-7-6-8-21(4,29)11-13/h10,12-13,29H,6-9,11H2,1-5H3/t13-,21+/m0/s1. The van der Waals surface area contributed by atoms with Gasteiger partial charge < -0.3 is 9.84 Å². The van der Waals surface area contributed by atoms with Crippen molar-refractivity contribution in [1.82, 2.24) is 14.6 Å². The van der Waals surface area contributed by atoms with Gasteiger partial charge in [0.05, 0.1) is 17.4 Å². The Morgan fingerprint density at radius 3 is 2.77 bits per heavy atom. The Bertz CT molecular complexity index is 964. The summed E-state index contributed by atoms with van der Waals surface area (Å²) in [6.07, 6.45) is 4.34. The number of aromatic nitrogens is 3. The first-order valence-corrected chi connectivity index (χ1v) is 10.5. The first-order chi connectivity index (χ1) is 13.9. The van der Waals surface area contributed by atoms with Crippen LogP contribution in [0, 0.1) is 5.92 Å². The summed E-state index contributed by atoms with van der Waals surface area (Å²) in [6.45, 7) is 7.16. The van der Waals surface area contributed by atoms with Crippen LogP contribution in [0.15, 0.2) is 12.3 Å². The van der Waals surface area contributed by atoms with Crippen LogP contribution in [0.25, 0.3) is 5.65 Å². The highest BCUT2D eigenvalue weighted by Gasteiger charge is 2.32. The number of fused-ring (bicyclic) bond motifs is 1. The summed E-state index contributed by atoms with van der Waals surface area (Å²) < 4.78 is 6.83. The van der Waals surface area contributed by atoms with Crippen molar-refractivity contribution < 1.29 is 19.4 Å². The van der Waals surface area contributed by atoms with E-state index in [1.165, 1.54) is 21.7 Å². The number of nitrogens with zero attached hydrogens (tertiary/aromatic N) is 4. The van der Waals surface area contributed by atoms with E-state index in [-0.39, 0.29) is 16.9 Å². The molecule has 164 valence electrons. The minimum absolute atomic E-state index is 0.103. The number of aliphatic hydroxyl groups is 1. The van der Waals surface area contributed by atoms with E-state index in [4.69, 9.17) is 16.3 Å². The molecule has 2 atom stereocenters. The molecule has 1 saturated carbocycles. The molecule has 1 N–H and O–H groups in total. The zero-order valence-electron chi connectivity index (χ0n) is 18.1. The third kappa shape index (κ3) is 5.10. The van der Waals surface area contributed by atoms with Crippen molar-refractivity contribution in [3.63, 3.8) is 0 Å². The number of anilines is 1. The fourth-order valence-electron chi connectivity index (χ4n) is 3.92. The molecule has 0 aromatic carbocycles. The van der Waals surface area contributed by atoms with Crippen LogP contribution in [0.5, 0.6) is 0 Å². The average Bonchev–Trinajstić information content (AvgIpc) is 3.01. The summed E-state index contributed by atoms with van der Waals surface area (Å²) in [5.41, 5.74) is -0.745.